The van der Waals surface area contributed by atoms with Crippen molar-refractivity contribution >= 4 is 15.9 Å². The first-order valence-corrected chi connectivity index (χ1v) is 7.39. The molecule has 0 aromatic heterocycles. The average molecular weight is 282 g/mol. The molecular formula is C13H18N2O3S. The fourth-order valence-electron chi connectivity index (χ4n) is 1.74. The maximum absolute atomic E-state index is 12.3. The van der Waals surface area contributed by atoms with Crippen LogP contribution >= 0.6 is 0 Å². The van der Waals surface area contributed by atoms with Crippen LogP contribution in [-0.2, 0) is 10.0 Å². The molecule has 0 spiro atoms. The predicted molar refractivity (Wildman–Crippen MR) is 74.3 cm³/mol. The van der Waals surface area contributed by atoms with E-state index in [4.69, 9.17) is 5.14 Å². The van der Waals surface area contributed by atoms with Crippen molar-refractivity contribution < 1.29 is 13.2 Å². The van der Waals surface area contributed by atoms with E-state index >= 15 is 0 Å². The monoisotopic (exact) mass is 282 g/mol. The Labute approximate surface area is 113 Å². The van der Waals surface area contributed by atoms with Gasteiger partial charge in [0.05, 0.1) is 10.5 Å². The Bertz CT molecular complexity index is 594. The molecule has 2 N–H and O–H groups in total. The summed E-state index contributed by atoms with van der Waals surface area (Å²) in [7, 11) is -3.93. The van der Waals surface area contributed by atoms with Crippen LogP contribution in [0.5, 0.6) is 0 Å². The van der Waals surface area contributed by atoms with Crippen LogP contribution in [0.15, 0.2) is 35.7 Å². The minimum absolute atomic E-state index is 0.103. The predicted octanol–water partition coefficient (Wildman–Crippen LogP) is 1.29. The smallest absolute Gasteiger partial charge is 0.255 e. The highest BCUT2D eigenvalue weighted by Crippen LogP contribution is 2.18. The molecule has 0 radical (unpaired) electrons. The number of hydrogen-bond donors (Lipinski definition) is 1. The second-order valence-electron chi connectivity index (χ2n) is 4.18. The van der Waals surface area contributed by atoms with Gasteiger partial charge in [-0.15, -0.1) is 6.58 Å². The van der Waals surface area contributed by atoms with Gasteiger partial charge in [-0.05, 0) is 26.0 Å². The Balaban J connectivity index is 3.36. The van der Waals surface area contributed by atoms with E-state index in [1.807, 2.05) is 6.92 Å². The Hall–Kier alpha value is -1.66. The van der Waals surface area contributed by atoms with E-state index in [0.29, 0.717) is 13.1 Å². The first-order chi connectivity index (χ1) is 8.81. The summed E-state index contributed by atoms with van der Waals surface area (Å²) in [5.74, 6) is -0.366. The number of benzene rings is 1. The Morgan fingerprint density at radius 2 is 2.11 bits per heavy atom. The molecule has 1 aromatic rings. The minimum atomic E-state index is -3.93. The van der Waals surface area contributed by atoms with Crippen molar-refractivity contribution in [2.45, 2.75) is 18.7 Å². The molecule has 19 heavy (non-hydrogen) atoms. The molecule has 0 fully saturated rings. The van der Waals surface area contributed by atoms with E-state index in [-0.39, 0.29) is 16.4 Å². The standard InChI is InChI=1S/C13H18N2O3S/c1-4-8-15(5-2)13(16)11-9-10(3)6-7-12(11)19(14,17)18/h4,6-7,9H,1,5,8H2,2-3H3,(H2,14,17,18). The maximum Gasteiger partial charge on any atom is 0.255 e. The van der Waals surface area contributed by atoms with Gasteiger partial charge in [-0.3, -0.25) is 4.79 Å². The molecule has 0 saturated heterocycles. The van der Waals surface area contributed by atoms with Gasteiger partial charge in [-0.2, -0.15) is 0 Å². The number of carbonyl (C=O) groups excluding carboxylic acids is 1. The molecule has 0 bridgehead atoms. The highest BCUT2D eigenvalue weighted by molar-refractivity contribution is 7.89. The number of likely N-dealkylation sites (N-methyl/N-ethyl adjacent to an activating group) is 1. The third kappa shape index (κ3) is 3.65. The second-order valence-corrected chi connectivity index (χ2v) is 5.71. The van der Waals surface area contributed by atoms with Gasteiger partial charge in [0.25, 0.3) is 5.91 Å². The fraction of sp³-hybridized carbons (Fsp3) is 0.308. The Morgan fingerprint density at radius 3 is 2.58 bits per heavy atom. The van der Waals surface area contributed by atoms with E-state index in [1.54, 1.807) is 19.1 Å². The molecule has 1 rings (SSSR count). The summed E-state index contributed by atoms with van der Waals surface area (Å²) in [5, 5.41) is 5.14. The summed E-state index contributed by atoms with van der Waals surface area (Å²) in [4.78, 5) is 13.7. The largest absolute Gasteiger partial charge is 0.335 e. The minimum Gasteiger partial charge on any atom is -0.335 e. The summed E-state index contributed by atoms with van der Waals surface area (Å²) >= 11 is 0. The lowest BCUT2D eigenvalue weighted by Gasteiger charge is -2.20. The number of rotatable bonds is 5. The summed E-state index contributed by atoms with van der Waals surface area (Å²) in [6.45, 7) is 7.99. The molecule has 0 atom stereocenters. The average Bonchev–Trinajstić information content (AvgIpc) is 2.33. The van der Waals surface area contributed by atoms with Crippen LogP contribution < -0.4 is 5.14 Å². The van der Waals surface area contributed by atoms with Gasteiger partial charge in [-0.1, -0.05) is 17.7 Å². The summed E-state index contributed by atoms with van der Waals surface area (Å²) < 4.78 is 23.1. The molecule has 5 nitrogen and oxygen atoms in total. The van der Waals surface area contributed by atoms with E-state index < -0.39 is 10.0 Å². The van der Waals surface area contributed by atoms with Crippen LogP contribution in [0.2, 0.25) is 0 Å². The van der Waals surface area contributed by atoms with Crippen molar-refractivity contribution in [2.24, 2.45) is 5.14 Å². The molecule has 0 aliphatic rings. The molecule has 0 heterocycles. The van der Waals surface area contributed by atoms with Gasteiger partial charge in [0, 0.05) is 13.1 Å². The summed E-state index contributed by atoms with van der Waals surface area (Å²) in [6.07, 6.45) is 1.59. The lowest BCUT2D eigenvalue weighted by atomic mass is 10.1. The number of hydrogen-bond acceptors (Lipinski definition) is 3. The van der Waals surface area contributed by atoms with Crippen molar-refractivity contribution in [3.05, 3.63) is 42.0 Å². The van der Waals surface area contributed by atoms with Crippen LogP contribution in [-0.4, -0.2) is 32.3 Å². The van der Waals surface area contributed by atoms with Crippen molar-refractivity contribution in [3.8, 4) is 0 Å². The van der Waals surface area contributed by atoms with Crippen LogP contribution in [0.3, 0.4) is 0 Å². The highest BCUT2D eigenvalue weighted by atomic mass is 32.2. The van der Waals surface area contributed by atoms with E-state index in [2.05, 4.69) is 6.58 Å². The number of nitrogens with zero attached hydrogens (tertiary/aromatic N) is 1. The Kier molecular flexibility index (Phi) is 4.85. The molecule has 104 valence electrons. The molecule has 1 amide bonds. The van der Waals surface area contributed by atoms with E-state index in [9.17, 15) is 13.2 Å². The number of nitrogens with two attached hydrogens (primary N) is 1. The lowest BCUT2D eigenvalue weighted by Crippen LogP contribution is -2.32. The third-order valence-corrected chi connectivity index (χ3v) is 3.66. The van der Waals surface area contributed by atoms with E-state index in [1.165, 1.54) is 17.0 Å². The Morgan fingerprint density at radius 1 is 1.47 bits per heavy atom. The molecule has 1 aromatic carbocycles. The van der Waals surface area contributed by atoms with Gasteiger partial charge in [0.1, 0.15) is 0 Å². The van der Waals surface area contributed by atoms with Crippen LogP contribution in [0.4, 0.5) is 0 Å². The quantitative estimate of drug-likeness (QED) is 0.826. The molecule has 6 heteroatoms. The summed E-state index contributed by atoms with van der Waals surface area (Å²) in [6, 6.07) is 4.51. The maximum atomic E-state index is 12.3. The zero-order valence-corrected chi connectivity index (χ0v) is 11.9. The topological polar surface area (TPSA) is 80.5 Å². The lowest BCUT2D eigenvalue weighted by molar-refractivity contribution is 0.0778. The third-order valence-electron chi connectivity index (χ3n) is 2.69. The van der Waals surface area contributed by atoms with Crippen molar-refractivity contribution in [1.82, 2.24) is 4.90 Å². The SMILES string of the molecule is C=CCN(CC)C(=O)c1cc(C)ccc1S(N)(=O)=O. The first-order valence-electron chi connectivity index (χ1n) is 5.84. The number of aryl methyl sites for hydroxylation is 1. The van der Waals surface area contributed by atoms with Gasteiger partial charge in [0.2, 0.25) is 10.0 Å². The molecular weight excluding hydrogens is 264 g/mol. The zero-order chi connectivity index (χ0) is 14.6. The van der Waals surface area contributed by atoms with Crippen molar-refractivity contribution in [2.75, 3.05) is 13.1 Å². The second kappa shape index (κ2) is 5.99. The van der Waals surface area contributed by atoms with Gasteiger partial charge < -0.3 is 4.90 Å². The van der Waals surface area contributed by atoms with Gasteiger partial charge in [0.15, 0.2) is 0 Å². The molecule has 0 aliphatic heterocycles. The normalized spacial score (nSPS) is 11.1. The van der Waals surface area contributed by atoms with Crippen LogP contribution in [0, 0.1) is 6.92 Å². The number of primary sulfonamides is 1. The summed E-state index contributed by atoms with van der Waals surface area (Å²) in [5.41, 5.74) is 0.900. The highest BCUT2D eigenvalue weighted by Gasteiger charge is 2.22. The van der Waals surface area contributed by atoms with Crippen LogP contribution in [0.25, 0.3) is 0 Å². The number of sulfonamides is 1. The van der Waals surface area contributed by atoms with Crippen LogP contribution in [0.1, 0.15) is 22.8 Å². The van der Waals surface area contributed by atoms with Crippen molar-refractivity contribution in [3.63, 3.8) is 0 Å². The number of amides is 1. The molecule has 0 unspecified atom stereocenters. The first kappa shape index (κ1) is 15.4. The molecule has 0 aliphatic carbocycles. The van der Waals surface area contributed by atoms with Gasteiger partial charge >= 0.3 is 0 Å². The number of carbonyl (C=O) groups is 1. The fourth-order valence-corrected chi connectivity index (χ4v) is 2.45. The van der Waals surface area contributed by atoms with Gasteiger partial charge in [-0.25, -0.2) is 13.6 Å². The van der Waals surface area contributed by atoms with Crippen molar-refractivity contribution in [1.29, 1.82) is 0 Å². The van der Waals surface area contributed by atoms with E-state index in [0.717, 1.165) is 5.56 Å². The zero-order valence-electron chi connectivity index (χ0n) is 11.1. The molecule has 0 saturated carbocycles.